The molecule has 1 saturated heterocycles. The molecule has 0 saturated carbocycles. The standard InChI is InChI=1S/C16H26N4O2/c1-3-9-20(10-4-2)15(21)14-7-8-17-16(19-14)18-12-13-6-5-11-22-13/h7-8,13H,3-6,9-12H2,1-2H3,(H,17,18,19). The molecule has 0 bridgehead atoms. The van der Waals surface area contributed by atoms with Gasteiger partial charge in [0.15, 0.2) is 0 Å². The fourth-order valence-corrected chi connectivity index (χ4v) is 2.59. The van der Waals surface area contributed by atoms with Crippen molar-refractivity contribution in [3.05, 3.63) is 18.0 Å². The Morgan fingerprint density at radius 2 is 2.18 bits per heavy atom. The van der Waals surface area contributed by atoms with E-state index in [-0.39, 0.29) is 12.0 Å². The Kier molecular flexibility index (Phi) is 6.58. The SMILES string of the molecule is CCCN(CCC)C(=O)c1ccnc(NCC2CCCO2)n1. The van der Waals surface area contributed by atoms with Crippen LogP contribution in [0.3, 0.4) is 0 Å². The topological polar surface area (TPSA) is 67.4 Å². The average Bonchev–Trinajstić information content (AvgIpc) is 3.06. The number of anilines is 1. The zero-order chi connectivity index (χ0) is 15.8. The second-order valence-corrected chi connectivity index (χ2v) is 5.57. The van der Waals surface area contributed by atoms with Gasteiger partial charge in [0.25, 0.3) is 5.91 Å². The molecule has 6 heteroatoms. The maximum atomic E-state index is 12.5. The number of hydrogen-bond donors (Lipinski definition) is 1. The van der Waals surface area contributed by atoms with E-state index in [9.17, 15) is 4.79 Å². The number of amides is 1. The smallest absolute Gasteiger partial charge is 0.272 e. The highest BCUT2D eigenvalue weighted by atomic mass is 16.5. The Morgan fingerprint density at radius 3 is 2.82 bits per heavy atom. The first kappa shape index (κ1) is 16.7. The van der Waals surface area contributed by atoms with Gasteiger partial charge in [0.2, 0.25) is 5.95 Å². The van der Waals surface area contributed by atoms with Crippen LogP contribution in [0.4, 0.5) is 5.95 Å². The predicted molar refractivity (Wildman–Crippen MR) is 86.0 cm³/mol. The molecule has 2 rings (SSSR count). The molecule has 0 spiro atoms. The van der Waals surface area contributed by atoms with E-state index < -0.39 is 0 Å². The van der Waals surface area contributed by atoms with E-state index in [1.165, 1.54) is 0 Å². The minimum Gasteiger partial charge on any atom is -0.376 e. The van der Waals surface area contributed by atoms with E-state index >= 15 is 0 Å². The molecule has 1 N–H and O–H groups in total. The number of carbonyl (C=O) groups is 1. The van der Waals surface area contributed by atoms with Gasteiger partial charge in [-0.1, -0.05) is 13.8 Å². The first-order valence-corrected chi connectivity index (χ1v) is 8.22. The van der Waals surface area contributed by atoms with Crippen molar-refractivity contribution >= 4 is 11.9 Å². The van der Waals surface area contributed by atoms with Gasteiger partial charge >= 0.3 is 0 Å². The first-order chi connectivity index (χ1) is 10.7. The summed E-state index contributed by atoms with van der Waals surface area (Å²) < 4.78 is 5.56. The molecule has 0 radical (unpaired) electrons. The summed E-state index contributed by atoms with van der Waals surface area (Å²) in [5, 5.41) is 3.17. The van der Waals surface area contributed by atoms with Gasteiger partial charge in [0.1, 0.15) is 5.69 Å². The molecule has 2 heterocycles. The predicted octanol–water partition coefficient (Wildman–Crippen LogP) is 2.33. The number of nitrogens with one attached hydrogen (secondary N) is 1. The van der Waals surface area contributed by atoms with Crippen LogP contribution in [0.5, 0.6) is 0 Å². The minimum absolute atomic E-state index is 0.0220. The van der Waals surface area contributed by atoms with Gasteiger partial charge in [0.05, 0.1) is 6.10 Å². The van der Waals surface area contributed by atoms with Crippen molar-refractivity contribution in [3.8, 4) is 0 Å². The summed E-state index contributed by atoms with van der Waals surface area (Å²) >= 11 is 0. The van der Waals surface area contributed by atoms with Crippen LogP contribution in [0.2, 0.25) is 0 Å². The van der Waals surface area contributed by atoms with E-state index in [4.69, 9.17) is 4.74 Å². The van der Waals surface area contributed by atoms with E-state index in [0.29, 0.717) is 18.2 Å². The number of aromatic nitrogens is 2. The summed E-state index contributed by atoms with van der Waals surface area (Å²) in [7, 11) is 0. The molecule has 1 unspecified atom stereocenters. The monoisotopic (exact) mass is 306 g/mol. The Hall–Kier alpha value is -1.69. The number of nitrogens with zero attached hydrogens (tertiary/aromatic N) is 3. The zero-order valence-electron chi connectivity index (χ0n) is 13.5. The quantitative estimate of drug-likeness (QED) is 0.798. The van der Waals surface area contributed by atoms with Crippen LogP contribution in [-0.2, 0) is 4.74 Å². The molecule has 0 aliphatic carbocycles. The molecule has 1 fully saturated rings. The lowest BCUT2D eigenvalue weighted by atomic mass is 10.2. The normalized spacial score (nSPS) is 17.5. The van der Waals surface area contributed by atoms with Crippen molar-refractivity contribution in [2.45, 2.75) is 45.6 Å². The second kappa shape index (κ2) is 8.68. The molecule has 0 aromatic carbocycles. The number of ether oxygens (including phenoxy) is 1. The highest BCUT2D eigenvalue weighted by Gasteiger charge is 2.18. The number of hydrogen-bond acceptors (Lipinski definition) is 5. The van der Waals surface area contributed by atoms with Gasteiger partial charge in [-0.2, -0.15) is 0 Å². The van der Waals surface area contributed by atoms with Crippen molar-refractivity contribution in [2.75, 3.05) is 31.6 Å². The molecular formula is C16H26N4O2. The van der Waals surface area contributed by atoms with E-state index in [2.05, 4.69) is 29.1 Å². The van der Waals surface area contributed by atoms with Crippen molar-refractivity contribution in [1.82, 2.24) is 14.9 Å². The number of rotatable bonds is 8. The second-order valence-electron chi connectivity index (χ2n) is 5.57. The Balaban J connectivity index is 1.97. The lowest BCUT2D eigenvalue weighted by molar-refractivity contribution is 0.0749. The van der Waals surface area contributed by atoms with E-state index in [1.807, 2.05) is 4.90 Å². The molecular weight excluding hydrogens is 280 g/mol. The lowest BCUT2D eigenvalue weighted by Gasteiger charge is -2.21. The largest absolute Gasteiger partial charge is 0.376 e. The molecule has 1 aromatic heterocycles. The fraction of sp³-hybridized carbons (Fsp3) is 0.688. The molecule has 1 atom stereocenters. The Bertz CT molecular complexity index is 469. The van der Waals surface area contributed by atoms with Gasteiger partial charge in [0, 0.05) is 32.4 Å². The molecule has 1 aliphatic rings. The maximum Gasteiger partial charge on any atom is 0.272 e. The molecule has 122 valence electrons. The van der Waals surface area contributed by atoms with Crippen LogP contribution in [0.1, 0.15) is 50.0 Å². The van der Waals surface area contributed by atoms with Gasteiger partial charge in [-0.25, -0.2) is 9.97 Å². The van der Waals surface area contributed by atoms with Crippen LogP contribution < -0.4 is 5.32 Å². The van der Waals surface area contributed by atoms with Gasteiger partial charge in [-0.05, 0) is 31.7 Å². The summed E-state index contributed by atoms with van der Waals surface area (Å²) in [5.41, 5.74) is 0.451. The van der Waals surface area contributed by atoms with Crippen LogP contribution in [0, 0.1) is 0 Å². The third-order valence-corrected chi connectivity index (χ3v) is 3.66. The van der Waals surface area contributed by atoms with E-state index in [0.717, 1.165) is 45.4 Å². The molecule has 6 nitrogen and oxygen atoms in total. The summed E-state index contributed by atoms with van der Waals surface area (Å²) in [6.45, 7) is 7.18. The molecule has 1 aliphatic heterocycles. The fourth-order valence-electron chi connectivity index (χ4n) is 2.59. The zero-order valence-corrected chi connectivity index (χ0v) is 13.5. The van der Waals surface area contributed by atoms with Crippen LogP contribution in [0.15, 0.2) is 12.3 Å². The average molecular weight is 306 g/mol. The lowest BCUT2D eigenvalue weighted by Crippen LogP contribution is -2.33. The van der Waals surface area contributed by atoms with Crippen molar-refractivity contribution in [1.29, 1.82) is 0 Å². The molecule has 22 heavy (non-hydrogen) atoms. The molecule has 1 amide bonds. The Morgan fingerprint density at radius 1 is 1.41 bits per heavy atom. The van der Waals surface area contributed by atoms with Gasteiger partial charge in [-0.3, -0.25) is 4.79 Å². The Labute approximate surface area is 132 Å². The first-order valence-electron chi connectivity index (χ1n) is 8.22. The van der Waals surface area contributed by atoms with Gasteiger partial charge in [-0.15, -0.1) is 0 Å². The van der Waals surface area contributed by atoms with Crippen molar-refractivity contribution in [3.63, 3.8) is 0 Å². The summed E-state index contributed by atoms with van der Waals surface area (Å²) in [4.78, 5) is 22.9. The van der Waals surface area contributed by atoms with E-state index in [1.54, 1.807) is 12.3 Å². The van der Waals surface area contributed by atoms with Crippen LogP contribution in [-0.4, -0.2) is 53.1 Å². The van der Waals surface area contributed by atoms with Crippen LogP contribution in [0.25, 0.3) is 0 Å². The summed E-state index contributed by atoms with van der Waals surface area (Å²) in [6, 6.07) is 1.68. The minimum atomic E-state index is -0.0220. The highest BCUT2D eigenvalue weighted by molar-refractivity contribution is 5.92. The highest BCUT2D eigenvalue weighted by Crippen LogP contribution is 2.12. The maximum absolute atomic E-state index is 12.5. The van der Waals surface area contributed by atoms with Crippen LogP contribution >= 0.6 is 0 Å². The number of carbonyl (C=O) groups excluding carboxylic acids is 1. The summed E-state index contributed by atoms with van der Waals surface area (Å²) in [6.07, 6.45) is 5.91. The van der Waals surface area contributed by atoms with Crippen molar-refractivity contribution in [2.24, 2.45) is 0 Å². The van der Waals surface area contributed by atoms with Gasteiger partial charge < -0.3 is 15.0 Å². The van der Waals surface area contributed by atoms with Crippen molar-refractivity contribution < 1.29 is 9.53 Å². The summed E-state index contributed by atoms with van der Waals surface area (Å²) in [5.74, 6) is 0.473. The third kappa shape index (κ3) is 4.66. The molecule has 1 aromatic rings. The third-order valence-electron chi connectivity index (χ3n) is 3.66.